The van der Waals surface area contributed by atoms with Gasteiger partial charge in [0.05, 0.1) is 12.5 Å². The van der Waals surface area contributed by atoms with Crippen LogP contribution in [0.3, 0.4) is 0 Å². The zero-order chi connectivity index (χ0) is 6.08. The zero-order valence-electron chi connectivity index (χ0n) is 5.28. The molecule has 8 heavy (non-hydrogen) atoms. The van der Waals surface area contributed by atoms with Crippen LogP contribution in [-0.2, 0) is 22.4 Å². The maximum Gasteiger partial charge on any atom is 0.0969 e. The molecule has 0 nitrogen and oxygen atoms in total. The Bertz CT molecular complexity index is 59.5. The Balaban J connectivity index is 0. The summed E-state index contributed by atoms with van der Waals surface area (Å²) in [5, 5.41) is 0. The maximum atomic E-state index is 5.58. The molecule has 0 aromatic carbocycles. The van der Waals surface area contributed by atoms with Crippen molar-refractivity contribution in [2.75, 3.05) is 0 Å². The van der Waals surface area contributed by atoms with Crippen molar-refractivity contribution in [1.82, 2.24) is 0 Å². The van der Waals surface area contributed by atoms with Gasteiger partial charge < -0.3 is 0 Å². The van der Waals surface area contributed by atoms with Crippen molar-refractivity contribution in [1.29, 1.82) is 0 Å². The van der Waals surface area contributed by atoms with Gasteiger partial charge in [0.1, 0.15) is 0 Å². The third-order valence-corrected chi connectivity index (χ3v) is 5.89. The third kappa shape index (κ3) is 5.67. The summed E-state index contributed by atoms with van der Waals surface area (Å²) < 4.78 is -0.118. The largest absolute Gasteiger partial charge is 0.109 e. The molecular formula is C4H10Cl2NbSi. The molecule has 0 aromatic rings. The number of hydrogen-bond acceptors (Lipinski definition) is 0. The molecule has 0 atom stereocenters. The fourth-order valence-corrected chi connectivity index (χ4v) is 0. The van der Waals surface area contributed by atoms with E-state index in [4.69, 9.17) is 23.2 Å². The Hall–Kier alpha value is 1.54. The molecule has 0 unspecified atom stereocenters. The molecule has 0 bridgehead atoms. The van der Waals surface area contributed by atoms with E-state index in [-0.39, 0.29) is 26.8 Å². The van der Waals surface area contributed by atoms with Gasteiger partial charge in [0, 0.05) is 22.4 Å². The Morgan fingerprint density at radius 3 is 1.25 bits per heavy atom. The zero-order valence-corrected chi connectivity index (χ0v) is 9.99. The molecule has 1 radical (unpaired) electrons. The fraction of sp³-hybridized carbons (Fsp3) is 1.00. The second-order valence-corrected chi connectivity index (χ2v) is 9.80. The van der Waals surface area contributed by atoms with Gasteiger partial charge in [0.2, 0.25) is 0 Å². The van der Waals surface area contributed by atoms with Crippen LogP contribution < -0.4 is 0 Å². The molecule has 0 saturated heterocycles. The van der Waals surface area contributed by atoms with Gasteiger partial charge in [-0.05, 0) is 0 Å². The predicted molar refractivity (Wildman–Crippen MR) is 38.8 cm³/mol. The molecular weight excluding hydrogens is 240 g/mol. The van der Waals surface area contributed by atoms with Crippen molar-refractivity contribution < 1.29 is 22.4 Å². The topological polar surface area (TPSA) is 0 Å². The molecule has 0 aliphatic rings. The minimum atomic E-state index is -1.20. The Kier molecular flexibility index (Phi) is 6.68. The van der Waals surface area contributed by atoms with E-state index in [9.17, 15) is 0 Å². The molecule has 0 aliphatic carbocycles. The first-order chi connectivity index (χ1) is 2.94. The smallest absolute Gasteiger partial charge is 0.0969 e. The molecule has 0 spiro atoms. The van der Waals surface area contributed by atoms with Gasteiger partial charge >= 0.3 is 0 Å². The van der Waals surface area contributed by atoms with Gasteiger partial charge in [-0.2, -0.15) is 0 Å². The second kappa shape index (κ2) is 4.37. The van der Waals surface area contributed by atoms with Crippen LogP contribution in [0.2, 0.25) is 19.6 Å². The van der Waals surface area contributed by atoms with Gasteiger partial charge in [0.25, 0.3) is 0 Å². The van der Waals surface area contributed by atoms with Crippen LogP contribution in [0.1, 0.15) is 0 Å². The summed E-state index contributed by atoms with van der Waals surface area (Å²) in [5.41, 5.74) is 0. The van der Waals surface area contributed by atoms with Crippen LogP contribution in [-0.4, -0.2) is 12.5 Å². The quantitative estimate of drug-likeness (QED) is 0.495. The standard InChI is InChI=1S/C4H10Cl2Si.Nb/c1-7(2,3)4(5)6;/h4H,1-3H3;. The van der Waals surface area contributed by atoms with Gasteiger partial charge in [-0.25, -0.2) is 0 Å². The van der Waals surface area contributed by atoms with E-state index >= 15 is 0 Å². The summed E-state index contributed by atoms with van der Waals surface area (Å²) in [4.78, 5) is 0. The van der Waals surface area contributed by atoms with E-state index in [2.05, 4.69) is 19.6 Å². The Labute approximate surface area is 77.5 Å². The van der Waals surface area contributed by atoms with E-state index in [1.54, 1.807) is 0 Å². The summed E-state index contributed by atoms with van der Waals surface area (Å²) in [7, 11) is -1.20. The summed E-state index contributed by atoms with van der Waals surface area (Å²) in [6, 6.07) is 0. The molecule has 4 heteroatoms. The molecule has 0 heterocycles. The number of halogens is 2. The Morgan fingerprint density at radius 2 is 1.25 bits per heavy atom. The van der Waals surface area contributed by atoms with E-state index in [0.29, 0.717) is 0 Å². The normalized spacial score (nSPS) is 11.2. The summed E-state index contributed by atoms with van der Waals surface area (Å²) >= 11 is 11.2. The monoisotopic (exact) mass is 249 g/mol. The number of alkyl halides is 2. The first kappa shape index (κ1) is 12.2. The number of hydrogen-bond donors (Lipinski definition) is 0. The van der Waals surface area contributed by atoms with Crippen molar-refractivity contribution in [3.05, 3.63) is 0 Å². The third-order valence-electron chi connectivity index (χ3n) is 0.655. The molecule has 0 aliphatic heterocycles. The van der Waals surface area contributed by atoms with E-state index in [0.717, 1.165) is 0 Å². The predicted octanol–water partition coefficient (Wildman–Crippen LogP) is 2.67. The molecule has 0 aromatic heterocycles. The molecule has 0 N–H and O–H groups in total. The fourth-order valence-electron chi connectivity index (χ4n) is 0. The maximum absolute atomic E-state index is 5.58. The van der Waals surface area contributed by atoms with Crippen molar-refractivity contribution in [3.8, 4) is 0 Å². The van der Waals surface area contributed by atoms with Gasteiger partial charge in [-0.15, -0.1) is 23.2 Å². The molecule has 0 amide bonds. The van der Waals surface area contributed by atoms with Crippen molar-refractivity contribution >= 4 is 31.3 Å². The molecule has 0 saturated carbocycles. The van der Waals surface area contributed by atoms with Gasteiger partial charge in [-0.1, -0.05) is 19.6 Å². The summed E-state index contributed by atoms with van der Waals surface area (Å²) in [6.45, 7) is 6.41. The van der Waals surface area contributed by atoms with Crippen molar-refractivity contribution in [3.63, 3.8) is 0 Å². The van der Waals surface area contributed by atoms with Gasteiger partial charge in [-0.3, -0.25) is 0 Å². The summed E-state index contributed by atoms with van der Waals surface area (Å²) in [6.07, 6.45) is 0. The van der Waals surface area contributed by atoms with Crippen LogP contribution >= 0.6 is 23.2 Å². The molecule has 49 valence electrons. The summed E-state index contributed by atoms with van der Waals surface area (Å²) in [5.74, 6) is 0. The average Bonchev–Trinajstić information content (AvgIpc) is 1.31. The first-order valence-electron chi connectivity index (χ1n) is 2.23. The second-order valence-electron chi connectivity index (χ2n) is 2.67. The molecule has 0 rings (SSSR count). The van der Waals surface area contributed by atoms with Crippen LogP contribution in [0.15, 0.2) is 0 Å². The minimum Gasteiger partial charge on any atom is -0.109 e. The van der Waals surface area contributed by atoms with Gasteiger partial charge in [0.15, 0.2) is 0 Å². The van der Waals surface area contributed by atoms with Crippen LogP contribution in [0, 0.1) is 0 Å². The number of rotatable bonds is 1. The van der Waals surface area contributed by atoms with Crippen LogP contribution in [0.5, 0.6) is 0 Å². The van der Waals surface area contributed by atoms with Crippen LogP contribution in [0.25, 0.3) is 0 Å². The minimum absolute atomic E-state index is 0. The van der Waals surface area contributed by atoms with Crippen molar-refractivity contribution in [2.45, 2.75) is 24.1 Å². The average molecular weight is 250 g/mol. The van der Waals surface area contributed by atoms with E-state index in [1.165, 1.54) is 0 Å². The SMILES string of the molecule is C[Si](C)(C)C(Cl)Cl.[Nb]. The van der Waals surface area contributed by atoms with Crippen LogP contribution in [0.4, 0.5) is 0 Å². The van der Waals surface area contributed by atoms with E-state index < -0.39 is 8.07 Å². The molecule has 0 fully saturated rings. The van der Waals surface area contributed by atoms with E-state index in [1.807, 2.05) is 0 Å². The first-order valence-corrected chi connectivity index (χ1v) is 6.68. The Morgan fingerprint density at radius 1 is 1.12 bits per heavy atom. The van der Waals surface area contributed by atoms with Crippen molar-refractivity contribution in [2.24, 2.45) is 0 Å².